The lowest BCUT2D eigenvalue weighted by molar-refractivity contribution is -0.132. The van der Waals surface area contributed by atoms with Crippen molar-refractivity contribution in [3.8, 4) is 5.75 Å². The van der Waals surface area contributed by atoms with Gasteiger partial charge in [-0.15, -0.1) is 0 Å². The highest BCUT2D eigenvalue weighted by atomic mass is 16.5. The number of rotatable bonds is 6. The van der Waals surface area contributed by atoms with Gasteiger partial charge in [-0.2, -0.15) is 0 Å². The van der Waals surface area contributed by atoms with E-state index in [0.29, 0.717) is 31.9 Å². The van der Waals surface area contributed by atoms with E-state index in [1.165, 1.54) is 0 Å². The molecule has 0 radical (unpaired) electrons. The zero-order chi connectivity index (χ0) is 20.7. The predicted molar refractivity (Wildman–Crippen MR) is 114 cm³/mol. The second-order valence-electron chi connectivity index (χ2n) is 7.64. The maximum Gasteiger partial charge on any atom is 0.321 e. The largest absolute Gasteiger partial charge is 0.494 e. The first-order chi connectivity index (χ1) is 14.0. The van der Waals surface area contributed by atoms with Gasteiger partial charge in [0.2, 0.25) is 5.91 Å². The third-order valence-corrected chi connectivity index (χ3v) is 5.24. The van der Waals surface area contributed by atoms with Gasteiger partial charge in [0.25, 0.3) is 0 Å². The van der Waals surface area contributed by atoms with Crippen molar-refractivity contribution in [3.05, 3.63) is 60.2 Å². The molecule has 1 fully saturated rings. The summed E-state index contributed by atoms with van der Waals surface area (Å²) in [7, 11) is 0. The van der Waals surface area contributed by atoms with Crippen LogP contribution < -0.4 is 15.4 Å². The summed E-state index contributed by atoms with van der Waals surface area (Å²) in [5.41, 5.74) is 1.17. The van der Waals surface area contributed by atoms with Crippen molar-refractivity contribution in [2.45, 2.75) is 33.2 Å². The van der Waals surface area contributed by atoms with Gasteiger partial charge in [0.15, 0.2) is 0 Å². The smallest absolute Gasteiger partial charge is 0.321 e. The highest BCUT2D eigenvalue weighted by Crippen LogP contribution is 2.30. The second-order valence-corrected chi connectivity index (χ2v) is 7.64. The molecule has 1 aliphatic rings. The van der Waals surface area contributed by atoms with E-state index >= 15 is 0 Å². The molecule has 29 heavy (non-hydrogen) atoms. The minimum Gasteiger partial charge on any atom is -0.494 e. The first-order valence-corrected chi connectivity index (χ1v) is 10.1. The minimum absolute atomic E-state index is 0.0140. The van der Waals surface area contributed by atoms with Crippen LogP contribution in [0.1, 0.15) is 32.3 Å². The van der Waals surface area contributed by atoms with Crippen LogP contribution in [0.3, 0.4) is 0 Å². The minimum atomic E-state index is -0.594. The lowest BCUT2D eigenvalue weighted by Gasteiger charge is -2.39. The number of urea groups is 1. The summed E-state index contributed by atoms with van der Waals surface area (Å²) in [5, 5.41) is 5.94. The van der Waals surface area contributed by atoms with Crippen LogP contribution in [0.15, 0.2) is 54.6 Å². The molecule has 0 saturated carbocycles. The number of likely N-dealkylation sites (tertiary alicyclic amines) is 1. The molecule has 2 N–H and O–H groups in total. The van der Waals surface area contributed by atoms with Crippen LogP contribution in [0, 0.1) is 5.41 Å². The molecule has 0 unspecified atom stereocenters. The topological polar surface area (TPSA) is 70.7 Å². The molecule has 0 spiro atoms. The van der Waals surface area contributed by atoms with Crippen molar-refractivity contribution in [2.75, 3.05) is 25.0 Å². The van der Waals surface area contributed by atoms with Crippen molar-refractivity contribution in [1.82, 2.24) is 10.2 Å². The van der Waals surface area contributed by atoms with Crippen molar-refractivity contribution in [2.24, 2.45) is 5.41 Å². The molecule has 6 nitrogen and oxygen atoms in total. The first-order valence-electron chi connectivity index (χ1n) is 10.1. The van der Waals surface area contributed by atoms with Crippen molar-refractivity contribution >= 4 is 17.6 Å². The highest BCUT2D eigenvalue weighted by Gasteiger charge is 2.39. The molecule has 6 heteroatoms. The average molecular weight is 396 g/mol. The maximum atomic E-state index is 12.8. The predicted octanol–water partition coefficient (Wildman–Crippen LogP) is 4.04. The third kappa shape index (κ3) is 5.50. The molecular weight excluding hydrogens is 366 g/mol. The fourth-order valence-electron chi connectivity index (χ4n) is 3.59. The van der Waals surface area contributed by atoms with E-state index in [0.717, 1.165) is 24.2 Å². The molecule has 1 saturated heterocycles. The molecule has 0 aliphatic carbocycles. The number of amides is 3. The van der Waals surface area contributed by atoms with Crippen LogP contribution >= 0.6 is 0 Å². The second kappa shape index (κ2) is 9.45. The Balaban J connectivity index is 1.56. The van der Waals surface area contributed by atoms with Gasteiger partial charge >= 0.3 is 6.03 Å². The first kappa shape index (κ1) is 20.7. The molecular formula is C23H29N3O3. The number of nitrogens with zero attached hydrogens (tertiary/aromatic N) is 1. The number of benzene rings is 2. The number of piperidine rings is 1. The summed E-state index contributed by atoms with van der Waals surface area (Å²) in [6.45, 7) is 6.00. The Hall–Kier alpha value is -3.02. The normalized spacial score (nSPS) is 18.8. The summed E-state index contributed by atoms with van der Waals surface area (Å²) < 4.78 is 5.42. The lowest BCUT2D eigenvalue weighted by atomic mass is 9.81. The molecule has 1 aliphatic heterocycles. The molecule has 3 rings (SSSR count). The Kier molecular flexibility index (Phi) is 6.75. The Morgan fingerprint density at radius 2 is 1.83 bits per heavy atom. The van der Waals surface area contributed by atoms with Crippen LogP contribution in [0.5, 0.6) is 5.75 Å². The van der Waals surface area contributed by atoms with Crippen LogP contribution in [0.4, 0.5) is 10.5 Å². The van der Waals surface area contributed by atoms with Gasteiger partial charge < -0.3 is 20.3 Å². The molecule has 2 aromatic rings. The van der Waals surface area contributed by atoms with Gasteiger partial charge in [-0.3, -0.25) is 4.79 Å². The maximum absolute atomic E-state index is 12.8. The number of hydrogen-bond acceptors (Lipinski definition) is 3. The molecule has 1 heterocycles. The molecule has 1 atom stereocenters. The molecule has 2 aromatic carbocycles. The Bertz CT molecular complexity index is 823. The lowest BCUT2D eigenvalue weighted by Crippen LogP contribution is -2.52. The van der Waals surface area contributed by atoms with Crippen molar-refractivity contribution in [3.63, 3.8) is 0 Å². The highest BCUT2D eigenvalue weighted by molar-refractivity contribution is 5.90. The SMILES string of the molecule is CCOc1ccc(NC(=O)N2CCC[C@](C)(C(=O)NCc3ccccc3)C2)cc1. The van der Waals surface area contributed by atoms with Crippen LogP contribution in [-0.4, -0.2) is 36.5 Å². The van der Waals surface area contributed by atoms with Gasteiger partial charge in [-0.05, 0) is 56.5 Å². The fraction of sp³-hybridized carbons (Fsp3) is 0.391. The molecule has 0 bridgehead atoms. The average Bonchev–Trinajstić information content (AvgIpc) is 2.74. The summed E-state index contributed by atoms with van der Waals surface area (Å²) >= 11 is 0. The van der Waals surface area contributed by atoms with E-state index in [9.17, 15) is 9.59 Å². The number of carbonyl (C=O) groups is 2. The van der Waals surface area contributed by atoms with Crippen molar-refractivity contribution < 1.29 is 14.3 Å². The number of carbonyl (C=O) groups excluding carboxylic acids is 2. The van der Waals surface area contributed by atoms with Gasteiger partial charge in [0.05, 0.1) is 12.0 Å². The molecule has 3 amide bonds. The van der Waals surface area contributed by atoms with Gasteiger partial charge in [-0.25, -0.2) is 4.79 Å². The Morgan fingerprint density at radius 1 is 1.10 bits per heavy atom. The zero-order valence-electron chi connectivity index (χ0n) is 17.1. The van der Waals surface area contributed by atoms with Crippen LogP contribution in [-0.2, 0) is 11.3 Å². The summed E-state index contributed by atoms with van der Waals surface area (Å²) in [4.78, 5) is 27.3. The van der Waals surface area contributed by atoms with Crippen LogP contribution in [0.25, 0.3) is 0 Å². The van der Waals surface area contributed by atoms with Gasteiger partial charge in [-0.1, -0.05) is 30.3 Å². The molecule has 154 valence electrons. The third-order valence-electron chi connectivity index (χ3n) is 5.24. The monoisotopic (exact) mass is 395 g/mol. The van der Waals surface area contributed by atoms with Gasteiger partial charge in [0.1, 0.15) is 5.75 Å². The Labute approximate surface area is 172 Å². The van der Waals surface area contributed by atoms with E-state index in [1.54, 1.807) is 4.90 Å². The standard InChI is InChI=1S/C23H29N3O3/c1-3-29-20-12-10-19(11-13-20)25-22(28)26-15-7-14-23(2,17-26)21(27)24-16-18-8-5-4-6-9-18/h4-6,8-13H,3,7,14-17H2,1-2H3,(H,24,27)(H,25,28)/t23-/m0/s1. The van der Waals surface area contributed by atoms with Crippen molar-refractivity contribution in [1.29, 1.82) is 0 Å². The number of nitrogens with one attached hydrogen (secondary N) is 2. The number of ether oxygens (including phenoxy) is 1. The summed E-state index contributed by atoms with van der Waals surface area (Å²) in [6.07, 6.45) is 1.56. The van der Waals surface area contributed by atoms with E-state index in [4.69, 9.17) is 4.74 Å². The van der Waals surface area contributed by atoms with E-state index in [-0.39, 0.29) is 11.9 Å². The summed E-state index contributed by atoms with van der Waals surface area (Å²) in [6, 6.07) is 16.9. The molecule has 0 aromatic heterocycles. The van der Waals surface area contributed by atoms with Gasteiger partial charge in [0, 0.05) is 25.3 Å². The zero-order valence-corrected chi connectivity index (χ0v) is 17.1. The Morgan fingerprint density at radius 3 is 2.52 bits per heavy atom. The van der Waals surface area contributed by atoms with E-state index in [2.05, 4.69) is 10.6 Å². The van der Waals surface area contributed by atoms with E-state index < -0.39 is 5.41 Å². The fourth-order valence-corrected chi connectivity index (χ4v) is 3.59. The number of anilines is 1. The number of hydrogen-bond donors (Lipinski definition) is 2. The van der Waals surface area contributed by atoms with Crippen LogP contribution in [0.2, 0.25) is 0 Å². The van der Waals surface area contributed by atoms with E-state index in [1.807, 2.05) is 68.4 Å². The summed E-state index contributed by atoms with van der Waals surface area (Å²) in [5.74, 6) is 0.756. The quantitative estimate of drug-likeness (QED) is 0.776.